The van der Waals surface area contributed by atoms with E-state index in [-0.39, 0.29) is 22.1 Å². The molecule has 1 rings (SSSR count). The third-order valence-electron chi connectivity index (χ3n) is 2.39. The molecule has 0 unspecified atom stereocenters. The fourth-order valence-corrected chi connectivity index (χ4v) is 1.37. The molecule has 1 aromatic carbocycles. The van der Waals surface area contributed by atoms with Crippen LogP contribution < -0.4 is 16.8 Å². The Balaban J connectivity index is 3.19. The van der Waals surface area contributed by atoms with E-state index in [1.165, 1.54) is 13.0 Å². The van der Waals surface area contributed by atoms with Crippen LogP contribution in [0.3, 0.4) is 0 Å². The number of rotatable bonds is 4. The van der Waals surface area contributed by atoms with Gasteiger partial charge in [0.2, 0.25) is 0 Å². The molecule has 0 aliphatic carbocycles. The fourth-order valence-electron chi connectivity index (χ4n) is 1.22. The highest BCUT2D eigenvalue weighted by molar-refractivity contribution is 6.33. The molecular formula is C10H15ClFN3O2. The Hall–Kier alpha value is -1.24. The normalized spacial score (nSPS) is 11.6. The number of anilines is 3. The first-order valence-corrected chi connectivity index (χ1v) is 5.25. The summed E-state index contributed by atoms with van der Waals surface area (Å²) in [6.45, 7) is 0.713. The van der Waals surface area contributed by atoms with Gasteiger partial charge in [0.05, 0.1) is 35.8 Å². The van der Waals surface area contributed by atoms with Crippen molar-refractivity contribution in [3.63, 3.8) is 0 Å². The number of nitrogen functional groups attached to an aromatic ring is 2. The predicted molar refractivity (Wildman–Crippen MR) is 66.4 cm³/mol. The number of hydrogen-bond donors (Lipinski definition) is 5. The number of hydrogen-bond acceptors (Lipinski definition) is 5. The van der Waals surface area contributed by atoms with Crippen LogP contribution in [-0.4, -0.2) is 29.0 Å². The summed E-state index contributed by atoms with van der Waals surface area (Å²) in [6, 6.07) is 1.31. The molecule has 0 heterocycles. The first-order valence-electron chi connectivity index (χ1n) is 4.87. The van der Waals surface area contributed by atoms with Gasteiger partial charge < -0.3 is 27.0 Å². The lowest BCUT2D eigenvalue weighted by Crippen LogP contribution is -2.43. The van der Waals surface area contributed by atoms with E-state index < -0.39 is 24.6 Å². The third kappa shape index (κ3) is 2.71. The topological polar surface area (TPSA) is 105 Å². The van der Waals surface area contributed by atoms with Gasteiger partial charge in [0, 0.05) is 0 Å². The second-order valence-electron chi connectivity index (χ2n) is 4.06. The molecule has 1 aromatic rings. The van der Waals surface area contributed by atoms with Crippen LogP contribution in [0.15, 0.2) is 6.07 Å². The van der Waals surface area contributed by atoms with Crippen molar-refractivity contribution in [1.29, 1.82) is 0 Å². The number of halogens is 2. The maximum atomic E-state index is 13.8. The average molecular weight is 264 g/mol. The molecule has 0 radical (unpaired) electrons. The average Bonchev–Trinajstić information content (AvgIpc) is 2.32. The van der Waals surface area contributed by atoms with Crippen LogP contribution in [-0.2, 0) is 0 Å². The summed E-state index contributed by atoms with van der Waals surface area (Å²) < 4.78 is 13.8. The number of nitrogens with two attached hydrogens (primary N) is 2. The highest BCUT2D eigenvalue weighted by Gasteiger charge is 2.25. The van der Waals surface area contributed by atoms with E-state index in [4.69, 9.17) is 33.3 Å². The molecule has 0 fully saturated rings. The number of aliphatic hydroxyl groups excluding tert-OH is 2. The SMILES string of the molecule is CC(CO)(CO)Nc1c(N)cc(N)c(Cl)c1F. The van der Waals surface area contributed by atoms with E-state index >= 15 is 0 Å². The standard InChI is InChI=1S/C10H15ClFN3O2/c1-10(3-16,4-17)15-9-6(14)2-5(13)7(11)8(9)12/h2,15-17H,3-4,13-14H2,1H3. The van der Waals surface area contributed by atoms with E-state index in [2.05, 4.69) is 5.32 Å². The quantitative estimate of drug-likeness (QED) is 0.517. The number of benzene rings is 1. The third-order valence-corrected chi connectivity index (χ3v) is 2.77. The van der Waals surface area contributed by atoms with Crippen LogP contribution in [0, 0.1) is 5.82 Å². The molecule has 0 bridgehead atoms. The molecule has 17 heavy (non-hydrogen) atoms. The summed E-state index contributed by atoms with van der Waals surface area (Å²) in [7, 11) is 0. The summed E-state index contributed by atoms with van der Waals surface area (Å²) in [5, 5.41) is 20.6. The van der Waals surface area contributed by atoms with Crippen LogP contribution in [0.4, 0.5) is 21.5 Å². The van der Waals surface area contributed by atoms with Gasteiger partial charge in [0.25, 0.3) is 0 Å². The van der Waals surface area contributed by atoms with Gasteiger partial charge in [0.1, 0.15) is 5.02 Å². The Morgan fingerprint density at radius 1 is 1.35 bits per heavy atom. The minimum absolute atomic E-state index is 0.0296. The Bertz CT molecular complexity index is 425. The zero-order valence-corrected chi connectivity index (χ0v) is 10.1. The summed E-state index contributed by atoms with van der Waals surface area (Å²) in [5.41, 5.74) is 9.94. The molecule has 5 nitrogen and oxygen atoms in total. The molecule has 0 aliphatic heterocycles. The van der Waals surface area contributed by atoms with Crippen molar-refractivity contribution in [3.8, 4) is 0 Å². The number of nitrogens with one attached hydrogen (secondary N) is 1. The minimum atomic E-state index is -1.10. The van der Waals surface area contributed by atoms with Gasteiger partial charge >= 0.3 is 0 Å². The summed E-state index contributed by atoms with van der Waals surface area (Å²) in [6.07, 6.45) is 0. The molecule has 7 N–H and O–H groups in total. The van der Waals surface area contributed by atoms with Crippen LogP contribution in [0.2, 0.25) is 5.02 Å². The maximum Gasteiger partial charge on any atom is 0.169 e. The van der Waals surface area contributed by atoms with Gasteiger partial charge in [-0.1, -0.05) is 11.6 Å². The lowest BCUT2D eigenvalue weighted by Gasteiger charge is -2.28. The smallest absolute Gasteiger partial charge is 0.169 e. The lowest BCUT2D eigenvalue weighted by atomic mass is 10.0. The van der Waals surface area contributed by atoms with E-state index in [0.717, 1.165) is 0 Å². The predicted octanol–water partition coefficient (Wildman–Crippen LogP) is 0.799. The van der Waals surface area contributed by atoms with Crippen LogP contribution in [0.25, 0.3) is 0 Å². The molecule has 0 aliphatic rings. The molecular weight excluding hydrogens is 249 g/mol. The minimum Gasteiger partial charge on any atom is -0.397 e. The van der Waals surface area contributed by atoms with E-state index in [0.29, 0.717) is 0 Å². The van der Waals surface area contributed by atoms with E-state index in [9.17, 15) is 4.39 Å². The van der Waals surface area contributed by atoms with Crippen molar-refractivity contribution in [1.82, 2.24) is 0 Å². The van der Waals surface area contributed by atoms with Crippen molar-refractivity contribution in [2.75, 3.05) is 30.0 Å². The first kappa shape index (κ1) is 13.8. The Morgan fingerprint density at radius 3 is 2.35 bits per heavy atom. The zero-order chi connectivity index (χ0) is 13.2. The van der Waals surface area contributed by atoms with Crippen LogP contribution >= 0.6 is 11.6 Å². The lowest BCUT2D eigenvalue weighted by molar-refractivity contribution is 0.147. The van der Waals surface area contributed by atoms with Crippen LogP contribution in [0.1, 0.15) is 6.92 Å². The monoisotopic (exact) mass is 263 g/mol. The molecule has 0 atom stereocenters. The van der Waals surface area contributed by atoms with E-state index in [1.807, 2.05) is 0 Å². The molecule has 0 spiro atoms. The molecule has 0 aromatic heterocycles. The Morgan fingerprint density at radius 2 is 1.88 bits per heavy atom. The van der Waals surface area contributed by atoms with Crippen molar-refractivity contribution in [2.45, 2.75) is 12.5 Å². The summed E-state index contributed by atoms with van der Waals surface area (Å²) in [4.78, 5) is 0. The molecule has 7 heteroatoms. The largest absolute Gasteiger partial charge is 0.397 e. The molecule has 0 saturated heterocycles. The van der Waals surface area contributed by atoms with Gasteiger partial charge in [-0.25, -0.2) is 4.39 Å². The van der Waals surface area contributed by atoms with Gasteiger partial charge in [0.15, 0.2) is 5.82 Å². The summed E-state index contributed by atoms with van der Waals surface area (Å²) >= 11 is 5.65. The molecule has 96 valence electrons. The molecule has 0 saturated carbocycles. The van der Waals surface area contributed by atoms with Gasteiger partial charge in [-0.05, 0) is 13.0 Å². The second kappa shape index (κ2) is 4.95. The zero-order valence-electron chi connectivity index (χ0n) is 9.30. The highest BCUT2D eigenvalue weighted by atomic mass is 35.5. The molecule has 0 amide bonds. The van der Waals surface area contributed by atoms with Crippen molar-refractivity contribution < 1.29 is 14.6 Å². The van der Waals surface area contributed by atoms with E-state index in [1.54, 1.807) is 0 Å². The number of aliphatic hydroxyl groups is 2. The maximum absolute atomic E-state index is 13.8. The van der Waals surface area contributed by atoms with Gasteiger partial charge in [-0.2, -0.15) is 0 Å². The van der Waals surface area contributed by atoms with Crippen LogP contribution in [0.5, 0.6) is 0 Å². The highest BCUT2D eigenvalue weighted by Crippen LogP contribution is 2.35. The van der Waals surface area contributed by atoms with Crippen molar-refractivity contribution in [3.05, 3.63) is 16.9 Å². The fraction of sp³-hybridized carbons (Fsp3) is 0.400. The first-order chi connectivity index (χ1) is 7.84. The summed E-state index contributed by atoms with van der Waals surface area (Å²) in [5.74, 6) is -0.808. The Labute approximate surface area is 103 Å². The van der Waals surface area contributed by atoms with Crippen molar-refractivity contribution >= 4 is 28.7 Å². The van der Waals surface area contributed by atoms with Crippen molar-refractivity contribution in [2.24, 2.45) is 0 Å². The van der Waals surface area contributed by atoms with Gasteiger partial charge in [-0.3, -0.25) is 0 Å². The Kier molecular flexibility index (Phi) is 4.03. The van der Waals surface area contributed by atoms with Gasteiger partial charge in [-0.15, -0.1) is 0 Å². The second-order valence-corrected chi connectivity index (χ2v) is 4.44.